The first-order valence-corrected chi connectivity index (χ1v) is 15.4. The van der Waals surface area contributed by atoms with E-state index in [0.29, 0.717) is 5.56 Å². The highest BCUT2D eigenvalue weighted by atomic mass is 16.7. The number of aliphatic hydroxyl groups is 1. The van der Waals surface area contributed by atoms with E-state index in [1.165, 1.54) is 0 Å². The molecule has 0 aromatic heterocycles. The molecule has 4 aromatic rings. The Morgan fingerprint density at radius 1 is 0.574 bits per heavy atom. The van der Waals surface area contributed by atoms with Gasteiger partial charge in [-0.15, -0.1) is 0 Å². The highest BCUT2D eigenvalue weighted by Crippen LogP contribution is 2.30. The molecular formula is C38H38O9. The summed E-state index contributed by atoms with van der Waals surface area (Å²) in [7, 11) is 0. The molecule has 5 rings (SSSR count). The van der Waals surface area contributed by atoms with Crippen LogP contribution in [0.3, 0.4) is 0 Å². The van der Waals surface area contributed by atoms with Crippen molar-refractivity contribution >= 4 is 17.9 Å². The van der Waals surface area contributed by atoms with Crippen molar-refractivity contribution in [2.75, 3.05) is 6.61 Å². The monoisotopic (exact) mass is 638 g/mol. The number of esters is 3. The summed E-state index contributed by atoms with van der Waals surface area (Å²) < 4.78 is 29.6. The molecule has 1 aliphatic rings. The lowest BCUT2D eigenvalue weighted by molar-refractivity contribution is -0.296. The molecule has 0 bridgehead atoms. The van der Waals surface area contributed by atoms with Crippen LogP contribution in [0.5, 0.6) is 0 Å². The lowest BCUT2D eigenvalue weighted by Crippen LogP contribution is -2.62. The molecular weight excluding hydrogens is 600 g/mol. The van der Waals surface area contributed by atoms with Crippen LogP contribution in [0.4, 0.5) is 0 Å². The third-order valence-electron chi connectivity index (χ3n) is 7.90. The van der Waals surface area contributed by atoms with Crippen molar-refractivity contribution in [1.29, 1.82) is 0 Å². The van der Waals surface area contributed by atoms with Crippen molar-refractivity contribution < 1.29 is 43.2 Å². The molecule has 0 amide bonds. The first kappa shape index (κ1) is 33.5. The Hall–Kier alpha value is -4.83. The lowest BCUT2D eigenvalue weighted by Gasteiger charge is -2.43. The number of carbonyl (C=O) groups is 3. The van der Waals surface area contributed by atoms with E-state index in [1.54, 1.807) is 72.8 Å². The van der Waals surface area contributed by atoms with Gasteiger partial charge >= 0.3 is 17.9 Å². The Morgan fingerprint density at radius 3 is 1.45 bits per heavy atom. The maximum atomic E-state index is 13.5. The van der Waals surface area contributed by atoms with Crippen LogP contribution >= 0.6 is 0 Å². The molecule has 1 aliphatic heterocycles. The molecule has 0 radical (unpaired) electrons. The van der Waals surface area contributed by atoms with Gasteiger partial charge in [0.25, 0.3) is 0 Å². The lowest BCUT2D eigenvalue weighted by atomic mass is 9.97. The number of hydrogen-bond donors (Lipinski definition) is 1. The van der Waals surface area contributed by atoms with Crippen LogP contribution in [-0.4, -0.2) is 60.3 Å². The minimum atomic E-state index is -1.63. The molecule has 9 heteroatoms. The molecule has 244 valence electrons. The van der Waals surface area contributed by atoms with Crippen LogP contribution in [-0.2, 0) is 30.3 Å². The van der Waals surface area contributed by atoms with Crippen molar-refractivity contribution in [2.24, 2.45) is 0 Å². The molecule has 1 unspecified atom stereocenters. The molecule has 0 saturated carbocycles. The van der Waals surface area contributed by atoms with E-state index in [-0.39, 0.29) is 17.7 Å². The Morgan fingerprint density at radius 2 is 0.979 bits per heavy atom. The van der Waals surface area contributed by atoms with Crippen LogP contribution in [0.1, 0.15) is 58.9 Å². The van der Waals surface area contributed by atoms with Gasteiger partial charge in [-0.05, 0) is 69.7 Å². The SMILES string of the molecule is Cc1ccc(CO[C@@H]2C(O)O[C@H](COC(=O)c3ccc(C)cc3)[C@@H](OC(=O)c3ccc(C)cc3)[C@@H]2OC(=O)c2ccc(C)cc2)cc1. The zero-order valence-electron chi connectivity index (χ0n) is 26.8. The van der Waals surface area contributed by atoms with Gasteiger partial charge in [-0.25, -0.2) is 14.4 Å². The predicted molar refractivity (Wildman–Crippen MR) is 173 cm³/mol. The molecule has 1 saturated heterocycles. The normalized spacial score (nSPS) is 20.7. The summed E-state index contributed by atoms with van der Waals surface area (Å²) >= 11 is 0. The second kappa shape index (κ2) is 15.2. The fourth-order valence-corrected chi connectivity index (χ4v) is 5.05. The summed E-state index contributed by atoms with van der Waals surface area (Å²) in [6, 6.07) is 27.9. The number of aryl methyl sites for hydroxylation is 4. The minimum Gasteiger partial charge on any atom is -0.459 e. The number of hydrogen-bond acceptors (Lipinski definition) is 9. The Balaban J connectivity index is 1.46. The minimum absolute atomic E-state index is 0.0374. The third kappa shape index (κ3) is 8.71. The van der Waals surface area contributed by atoms with Gasteiger partial charge in [-0.1, -0.05) is 82.9 Å². The standard InChI is InChI=1S/C38H38O9/c1-23-5-13-27(14-6-23)21-43-34-33(47-37(41)30-19-11-26(4)12-20-30)32(46-36(40)29-17-9-25(3)10-18-29)31(45-38(34)42)22-44-35(39)28-15-7-24(2)8-16-28/h5-20,31-34,38,42H,21-22H2,1-4H3/t31-,32-,33+,34+,38?/m1/s1. The third-order valence-corrected chi connectivity index (χ3v) is 7.90. The quantitative estimate of drug-likeness (QED) is 0.169. The van der Waals surface area contributed by atoms with Gasteiger partial charge in [-0.2, -0.15) is 0 Å². The first-order valence-electron chi connectivity index (χ1n) is 15.4. The zero-order chi connectivity index (χ0) is 33.5. The summed E-state index contributed by atoms with van der Waals surface area (Å²) in [4.78, 5) is 39.9. The van der Waals surface area contributed by atoms with Gasteiger partial charge in [0.1, 0.15) is 18.8 Å². The van der Waals surface area contributed by atoms with Crippen molar-refractivity contribution in [1.82, 2.24) is 0 Å². The molecule has 4 aromatic carbocycles. The summed E-state index contributed by atoms with van der Waals surface area (Å²) in [5.41, 5.74) is 5.53. The van der Waals surface area contributed by atoms with Gasteiger partial charge in [0.15, 0.2) is 18.5 Å². The number of rotatable bonds is 10. The summed E-state index contributed by atoms with van der Waals surface area (Å²) in [6.45, 7) is 7.26. The molecule has 0 aliphatic carbocycles. The largest absolute Gasteiger partial charge is 0.459 e. The van der Waals surface area contributed by atoms with Gasteiger partial charge in [0, 0.05) is 0 Å². The molecule has 5 atom stereocenters. The topological polar surface area (TPSA) is 118 Å². The number of carbonyl (C=O) groups excluding carboxylic acids is 3. The van der Waals surface area contributed by atoms with Crippen molar-refractivity contribution in [3.05, 3.63) is 142 Å². The van der Waals surface area contributed by atoms with Gasteiger partial charge in [0.05, 0.1) is 23.3 Å². The fourth-order valence-electron chi connectivity index (χ4n) is 5.05. The number of ether oxygens (including phenoxy) is 5. The second-order valence-electron chi connectivity index (χ2n) is 11.8. The van der Waals surface area contributed by atoms with E-state index in [0.717, 1.165) is 27.8 Å². The van der Waals surface area contributed by atoms with E-state index in [9.17, 15) is 19.5 Å². The van der Waals surface area contributed by atoms with Crippen molar-refractivity contribution in [2.45, 2.75) is 65.0 Å². The number of benzene rings is 4. The van der Waals surface area contributed by atoms with E-state index < -0.39 is 55.2 Å². The van der Waals surface area contributed by atoms with Gasteiger partial charge in [-0.3, -0.25) is 0 Å². The van der Waals surface area contributed by atoms with Crippen LogP contribution < -0.4 is 0 Å². The average Bonchev–Trinajstić information content (AvgIpc) is 3.06. The van der Waals surface area contributed by atoms with Crippen LogP contribution in [0.15, 0.2) is 97.1 Å². The van der Waals surface area contributed by atoms with E-state index in [2.05, 4.69) is 0 Å². The van der Waals surface area contributed by atoms with Crippen LogP contribution in [0, 0.1) is 27.7 Å². The number of aliphatic hydroxyl groups excluding tert-OH is 1. The maximum Gasteiger partial charge on any atom is 0.338 e. The molecule has 1 heterocycles. The second-order valence-corrected chi connectivity index (χ2v) is 11.8. The Bertz CT molecular complexity index is 1660. The molecule has 9 nitrogen and oxygen atoms in total. The van der Waals surface area contributed by atoms with E-state index >= 15 is 0 Å². The Labute approximate surface area is 274 Å². The summed E-state index contributed by atoms with van der Waals surface area (Å²) in [5, 5.41) is 11.2. The highest BCUT2D eigenvalue weighted by Gasteiger charge is 2.51. The van der Waals surface area contributed by atoms with Gasteiger partial charge < -0.3 is 28.8 Å². The first-order chi connectivity index (χ1) is 22.6. The predicted octanol–water partition coefficient (Wildman–Crippen LogP) is 5.83. The summed E-state index contributed by atoms with van der Waals surface area (Å²) in [6.07, 6.45) is -6.81. The zero-order valence-corrected chi connectivity index (χ0v) is 26.8. The van der Waals surface area contributed by atoms with Crippen molar-refractivity contribution in [3.8, 4) is 0 Å². The summed E-state index contributed by atoms with van der Waals surface area (Å²) in [5.74, 6) is -2.09. The smallest absolute Gasteiger partial charge is 0.338 e. The highest BCUT2D eigenvalue weighted by molar-refractivity contribution is 5.91. The van der Waals surface area contributed by atoms with Crippen molar-refractivity contribution in [3.63, 3.8) is 0 Å². The Kier molecular flexibility index (Phi) is 10.8. The van der Waals surface area contributed by atoms with E-state index in [1.807, 2.05) is 52.0 Å². The van der Waals surface area contributed by atoms with E-state index in [4.69, 9.17) is 23.7 Å². The molecule has 1 N–H and O–H groups in total. The molecule has 47 heavy (non-hydrogen) atoms. The molecule has 1 fully saturated rings. The maximum absolute atomic E-state index is 13.5. The van der Waals surface area contributed by atoms with Gasteiger partial charge in [0.2, 0.25) is 0 Å². The van der Waals surface area contributed by atoms with Crippen LogP contribution in [0.25, 0.3) is 0 Å². The van der Waals surface area contributed by atoms with Crippen LogP contribution in [0.2, 0.25) is 0 Å². The fraction of sp³-hybridized carbons (Fsp3) is 0.289. The average molecular weight is 639 g/mol. The molecule has 0 spiro atoms.